The van der Waals surface area contributed by atoms with E-state index in [4.69, 9.17) is 10.6 Å². The van der Waals surface area contributed by atoms with Gasteiger partial charge in [-0.15, -0.1) is 0 Å². The number of hydrazine groups is 1. The summed E-state index contributed by atoms with van der Waals surface area (Å²) in [5.74, 6) is 6.71. The Morgan fingerprint density at radius 3 is 2.67 bits per heavy atom. The van der Waals surface area contributed by atoms with Crippen LogP contribution in [0.25, 0.3) is 0 Å². The molecule has 0 bridgehead atoms. The third kappa shape index (κ3) is 4.06. The fourth-order valence-electron chi connectivity index (χ4n) is 3.60. The molecule has 0 aliphatic heterocycles. The van der Waals surface area contributed by atoms with Crippen LogP contribution < -0.4 is 11.3 Å². The molecule has 1 fully saturated rings. The van der Waals surface area contributed by atoms with Crippen molar-refractivity contribution in [1.29, 1.82) is 0 Å². The Morgan fingerprint density at radius 2 is 2.10 bits per heavy atom. The van der Waals surface area contributed by atoms with Gasteiger partial charge in [-0.05, 0) is 57.4 Å². The van der Waals surface area contributed by atoms with Crippen LogP contribution in [0.15, 0.2) is 24.3 Å². The van der Waals surface area contributed by atoms with Crippen LogP contribution in [-0.4, -0.2) is 18.2 Å². The Hall–Kier alpha value is -0.900. The van der Waals surface area contributed by atoms with Crippen molar-refractivity contribution in [3.8, 4) is 0 Å². The normalized spacial score (nSPS) is 27.5. The Morgan fingerprint density at radius 1 is 1.38 bits per heavy atom. The predicted octanol–water partition coefficient (Wildman–Crippen LogP) is 3.35. The summed E-state index contributed by atoms with van der Waals surface area (Å²) in [6.45, 7) is 7.30. The van der Waals surface area contributed by atoms with Crippen LogP contribution in [0.3, 0.4) is 0 Å². The highest BCUT2D eigenvalue weighted by Crippen LogP contribution is 2.38. The number of nitrogens with two attached hydrogens (primary N) is 1. The highest BCUT2D eigenvalue weighted by Gasteiger charge is 2.41. The zero-order chi connectivity index (χ0) is 15.3. The molecule has 0 amide bonds. The van der Waals surface area contributed by atoms with Crippen LogP contribution >= 0.6 is 0 Å². The van der Waals surface area contributed by atoms with Crippen molar-refractivity contribution < 1.29 is 4.74 Å². The number of hydrogen-bond acceptors (Lipinski definition) is 3. The van der Waals surface area contributed by atoms with E-state index < -0.39 is 0 Å². The minimum atomic E-state index is -0.111. The molecule has 0 aromatic heterocycles. The van der Waals surface area contributed by atoms with E-state index >= 15 is 0 Å². The summed E-state index contributed by atoms with van der Waals surface area (Å²) in [5.41, 5.74) is 5.57. The van der Waals surface area contributed by atoms with Gasteiger partial charge in [-0.25, -0.2) is 0 Å². The molecular weight excluding hydrogens is 260 g/mol. The third-order valence-electron chi connectivity index (χ3n) is 4.91. The summed E-state index contributed by atoms with van der Waals surface area (Å²) in [6.07, 6.45) is 5.58. The lowest BCUT2D eigenvalue weighted by Crippen LogP contribution is -2.57. The first kappa shape index (κ1) is 16.5. The lowest BCUT2D eigenvalue weighted by atomic mass is 9.74. The Bertz CT molecular complexity index is 439. The second-order valence-corrected chi connectivity index (χ2v) is 6.59. The maximum Gasteiger partial charge on any atom is 0.0851 e. The van der Waals surface area contributed by atoms with Crippen LogP contribution in [0, 0.1) is 12.8 Å². The minimum absolute atomic E-state index is 0.111. The Kier molecular flexibility index (Phi) is 5.80. The van der Waals surface area contributed by atoms with Gasteiger partial charge in [0, 0.05) is 6.61 Å². The smallest absolute Gasteiger partial charge is 0.0851 e. The van der Waals surface area contributed by atoms with Crippen LogP contribution in [0.2, 0.25) is 0 Å². The van der Waals surface area contributed by atoms with E-state index in [0.29, 0.717) is 0 Å². The molecule has 1 saturated carbocycles. The molecule has 1 aromatic carbocycles. The van der Waals surface area contributed by atoms with Gasteiger partial charge in [0.25, 0.3) is 0 Å². The van der Waals surface area contributed by atoms with Crippen molar-refractivity contribution in [3.05, 3.63) is 35.4 Å². The fourth-order valence-corrected chi connectivity index (χ4v) is 3.60. The van der Waals surface area contributed by atoms with E-state index in [1.807, 2.05) is 0 Å². The summed E-state index contributed by atoms with van der Waals surface area (Å²) in [4.78, 5) is 0. The summed E-state index contributed by atoms with van der Waals surface area (Å²) >= 11 is 0. The molecule has 0 heterocycles. The maximum absolute atomic E-state index is 6.23. The Balaban J connectivity index is 2.15. The number of nitrogens with one attached hydrogen (secondary N) is 1. The molecule has 0 saturated heterocycles. The molecule has 21 heavy (non-hydrogen) atoms. The molecule has 1 atom stereocenters. The molecule has 3 nitrogen and oxygen atoms in total. The molecule has 118 valence electrons. The van der Waals surface area contributed by atoms with Gasteiger partial charge in [-0.1, -0.05) is 36.8 Å². The van der Waals surface area contributed by atoms with Crippen molar-refractivity contribution in [2.45, 2.75) is 64.5 Å². The largest absolute Gasteiger partial charge is 0.374 e. The molecule has 3 heteroatoms. The average molecular weight is 290 g/mol. The van der Waals surface area contributed by atoms with Crippen molar-refractivity contribution in [3.63, 3.8) is 0 Å². The third-order valence-corrected chi connectivity index (χ3v) is 4.91. The summed E-state index contributed by atoms with van der Waals surface area (Å²) < 4.78 is 6.23. The zero-order valence-electron chi connectivity index (χ0n) is 13.7. The van der Waals surface area contributed by atoms with E-state index in [1.165, 1.54) is 24.0 Å². The van der Waals surface area contributed by atoms with Crippen LogP contribution in [0.5, 0.6) is 0 Å². The number of benzene rings is 1. The van der Waals surface area contributed by atoms with Gasteiger partial charge in [0.15, 0.2) is 0 Å². The number of rotatable bonds is 6. The van der Waals surface area contributed by atoms with E-state index in [1.54, 1.807) is 0 Å². The van der Waals surface area contributed by atoms with Gasteiger partial charge in [0.1, 0.15) is 0 Å². The topological polar surface area (TPSA) is 47.3 Å². The van der Waals surface area contributed by atoms with Gasteiger partial charge >= 0.3 is 0 Å². The zero-order valence-corrected chi connectivity index (χ0v) is 13.7. The van der Waals surface area contributed by atoms with Crippen LogP contribution in [0.4, 0.5) is 0 Å². The summed E-state index contributed by atoms with van der Waals surface area (Å²) in [7, 11) is 0. The number of hydrogen-bond donors (Lipinski definition) is 2. The average Bonchev–Trinajstić information content (AvgIpc) is 2.48. The molecule has 2 rings (SSSR count). The van der Waals surface area contributed by atoms with Crippen molar-refractivity contribution in [2.24, 2.45) is 11.8 Å². The quantitative estimate of drug-likeness (QED) is 0.624. The summed E-state index contributed by atoms with van der Waals surface area (Å²) in [6, 6.07) is 8.85. The second kappa shape index (κ2) is 7.39. The molecule has 0 radical (unpaired) electrons. The van der Waals surface area contributed by atoms with Gasteiger partial charge in [-0.2, -0.15) is 0 Å². The maximum atomic E-state index is 6.23. The number of aryl methyl sites for hydroxylation is 1. The second-order valence-electron chi connectivity index (χ2n) is 6.59. The first-order chi connectivity index (χ1) is 10.1. The molecule has 0 spiro atoms. The van der Waals surface area contributed by atoms with E-state index in [0.717, 1.165) is 31.8 Å². The first-order valence-electron chi connectivity index (χ1n) is 8.25. The number of ether oxygens (including phenoxy) is 1. The van der Waals surface area contributed by atoms with E-state index in [9.17, 15) is 0 Å². The lowest BCUT2D eigenvalue weighted by Gasteiger charge is -2.44. The Labute approximate surface area is 129 Å². The highest BCUT2D eigenvalue weighted by molar-refractivity contribution is 5.23. The monoisotopic (exact) mass is 290 g/mol. The van der Waals surface area contributed by atoms with Gasteiger partial charge in [-0.3, -0.25) is 11.3 Å². The lowest BCUT2D eigenvalue weighted by molar-refractivity contribution is -0.0961. The van der Waals surface area contributed by atoms with Gasteiger partial charge < -0.3 is 4.74 Å². The van der Waals surface area contributed by atoms with Crippen LogP contribution in [-0.2, 0) is 11.2 Å². The minimum Gasteiger partial charge on any atom is -0.374 e. The predicted molar refractivity (Wildman–Crippen MR) is 88.0 cm³/mol. The molecular formula is C18H30N2O. The molecule has 3 N–H and O–H groups in total. The molecule has 1 aliphatic rings. The van der Waals surface area contributed by atoms with Crippen molar-refractivity contribution in [2.75, 3.05) is 6.61 Å². The summed E-state index contributed by atoms with van der Waals surface area (Å²) in [5, 5.41) is 0. The first-order valence-corrected chi connectivity index (χ1v) is 8.25. The fraction of sp³-hybridized carbons (Fsp3) is 0.667. The highest BCUT2D eigenvalue weighted by atomic mass is 16.5. The van der Waals surface area contributed by atoms with E-state index in [2.05, 4.69) is 50.5 Å². The van der Waals surface area contributed by atoms with Gasteiger partial charge in [0.2, 0.25) is 0 Å². The van der Waals surface area contributed by atoms with E-state index in [-0.39, 0.29) is 11.6 Å². The standard InChI is InChI=1S/C18H30N2O/c1-4-21-18(10-8-14(2)9-11-18)17(20-19)13-16-7-5-6-15(3)12-16/h5-7,12,14,17,20H,4,8-11,13,19H2,1-3H3. The van der Waals surface area contributed by atoms with Crippen LogP contribution in [0.1, 0.15) is 50.7 Å². The molecule has 1 aromatic rings. The SMILES string of the molecule is CCOC1(C(Cc2cccc(C)c2)NN)CCC(C)CC1. The van der Waals surface area contributed by atoms with Gasteiger partial charge in [0.05, 0.1) is 11.6 Å². The molecule has 1 aliphatic carbocycles. The molecule has 1 unspecified atom stereocenters. The van der Waals surface area contributed by atoms with Crippen molar-refractivity contribution in [1.82, 2.24) is 5.43 Å². The van der Waals surface area contributed by atoms with Crippen molar-refractivity contribution >= 4 is 0 Å².